The highest BCUT2D eigenvalue weighted by molar-refractivity contribution is 7.12. The summed E-state index contributed by atoms with van der Waals surface area (Å²) in [4.78, 5) is 13.3. The van der Waals surface area contributed by atoms with Crippen LogP contribution in [0.3, 0.4) is 0 Å². The molecule has 2 aromatic heterocycles. The predicted molar refractivity (Wildman–Crippen MR) is 107 cm³/mol. The van der Waals surface area contributed by atoms with E-state index in [-0.39, 0.29) is 5.91 Å². The van der Waals surface area contributed by atoms with Crippen molar-refractivity contribution < 1.29 is 4.79 Å². The van der Waals surface area contributed by atoms with Gasteiger partial charge in [-0.25, -0.2) is 5.43 Å². The number of H-pyrrole nitrogens is 1. The first-order chi connectivity index (χ1) is 12.5. The van der Waals surface area contributed by atoms with Crippen molar-refractivity contribution in [3.05, 3.63) is 64.0 Å². The Labute approximate surface area is 157 Å². The molecule has 1 aromatic carbocycles. The quantitative estimate of drug-likeness (QED) is 0.498. The van der Waals surface area contributed by atoms with Crippen LogP contribution in [0.4, 0.5) is 0 Å². The Bertz CT molecular complexity index is 892. The van der Waals surface area contributed by atoms with Gasteiger partial charge in [-0.2, -0.15) is 10.2 Å². The third-order valence-corrected chi connectivity index (χ3v) is 4.90. The lowest BCUT2D eigenvalue weighted by molar-refractivity contribution is 0.0950. The van der Waals surface area contributed by atoms with Crippen molar-refractivity contribution in [3.63, 3.8) is 0 Å². The van der Waals surface area contributed by atoms with Gasteiger partial charge in [0.05, 0.1) is 11.4 Å². The van der Waals surface area contributed by atoms with Crippen LogP contribution in [0.2, 0.25) is 0 Å². The van der Waals surface area contributed by atoms with Crippen molar-refractivity contribution in [2.75, 3.05) is 0 Å². The Balaban J connectivity index is 1.67. The lowest BCUT2D eigenvalue weighted by Crippen LogP contribution is -2.19. The number of thiophene rings is 1. The standard InChI is InChI=1S/C20H22N4OS/c1-13(2)11-15-6-8-16(9-7-15)17-12-18(23-22-17)20(25)24-21-14(3)19-5-4-10-26-19/h4-10,12-13H,11H2,1-3H3,(H,22,23)(H,24,25). The molecule has 0 atom stereocenters. The second-order valence-corrected chi connectivity index (χ2v) is 7.52. The lowest BCUT2D eigenvalue weighted by Gasteiger charge is -2.05. The summed E-state index contributed by atoms with van der Waals surface area (Å²) in [5.41, 5.74) is 6.74. The van der Waals surface area contributed by atoms with Crippen molar-refractivity contribution in [1.29, 1.82) is 0 Å². The van der Waals surface area contributed by atoms with Gasteiger partial charge < -0.3 is 0 Å². The van der Waals surface area contributed by atoms with Crippen molar-refractivity contribution >= 4 is 23.0 Å². The molecule has 6 heteroatoms. The van der Waals surface area contributed by atoms with E-state index < -0.39 is 0 Å². The van der Waals surface area contributed by atoms with Gasteiger partial charge in [0.2, 0.25) is 0 Å². The maximum atomic E-state index is 12.3. The normalized spacial score (nSPS) is 11.8. The van der Waals surface area contributed by atoms with Gasteiger partial charge in [0, 0.05) is 10.4 Å². The number of nitrogens with one attached hydrogen (secondary N) is 2. The first-order valence-electron chi connectivity index (χ1n) is 8.56. The number of aromatic amines is 1. The summed E-state index contributed by atoms with van der Waals surface area (Å²) < 4.78 is 0. The number of rotatable bonds is 6. The molecule has 1 amide bonds. The average molecular weight is 366 g/mol. The number of hydrogen-bond acceptors (Lipinski definition) is 4. The highest BCUT2D eigenvalue weighted by Gasteiger charge is 2.11. The van der Waals surface area contributed by atoms with Crippen LogP contribution >= 0.6 is 11.3 Å². The molecule has 3 aromatic rings. The van der Waals surface area contributed by atoms with Crippen LogP contribution in [0.1, 0.15) is 41.7 Å². The van der Waals surface area contributed by atoms with Crippen LogP contribution < -0.4 is 5.43 Å². The zero-order chi connectivity index (χ0) is 18.5. The topological polar surface area (TPSA) is 70.1 Å². The van der Waals surface area contributed by atoms with Crippen LogP contribution in [-0.2, 0) is 6.42 Å². The third kappa shape index (κ3) is 4.46. The van der Waals surface area contributed by atoms with Crippen LogP contribution in [0.25, 0.3) is 11.3 Å². The van der Waals surface area contributed by atoms with E-state index in [9.17, 15) is 4.79 Å². The third-order valence-electron chi connectivity index (χ3n) is 3.92. The van der Waals surface area contributed by atoms with Crippen LogP contribution in [0.5, 0.6) is 0 Å². The van der Waals surface area contributed by atoms with Crippen LogP contribution in [-0.4, -0.2) is 21.8 Å². The Morgan fingerprint density at radius 1 is 1.27 bits per heavy atom. The van der Waals surface area contributed by atoms with Crippen molar-refractivity contribution in [1.82, 2.24) is 15.6 Å². The molecule has 2 N–H and O–H groups in total. The number of hydrogen-bond donors (Lipinski definition) is 2. The predicted octanol–water partition coefficient (Wildman–Crippen LogP) is 4.49. The summed E-state index contributed by atoms with van der Waals surface area (Å²) in [5, 5.41) is 13.1. The molecule has 0 aliphatic rings. The number of amides is 1. The molecular weight excluding hydrogens is 344 g/mol. The maximum absolute atomic E-state index is 12.3. The fourth-order valence-electron chi connectivity index (χ4n) is 2.60. The molecule has 134 valence electrons. The molecule has 0 aliphatic heterocycles. The summed E-state index contributed by atoms with van der Waals surface area (Å²) in [6.07, 6.45) is 1.05. The number of carbonyl (C=O) groups is 1. The van der Waals surface area contributed by atoms with E-state index >= 15 is 0 Å². The van der Waals surface area contributed by atoms with Gasteiger partial charge in [-0.3, -0.25) is 9.89 Å². The number of aromatic nitrogens is 2. The van der Waals surface area contributed by atoms with Gasteiger partial charge in [-0.1, -0.05) is 44.2 Å². The average Bonchev–Trinajstić information content (AvgIpc) is 3.31. The van der Waals surface area contributed by atoms with Gasteiger partial charge in [0.15, 0.2) is 0 Å². The van der Waals surface area contributed by atoms with Gasteiger partial charge >= 0.3 is 0 Å². The minimum absolute atomic E-state index is 0.309. The van der Waals surface area contributed by atoms with E-state index in [1.807, 2.05) is 36.6 Å². The van der Waals surface area contributed by atoms with E-state index in [1.54, 1.807) is 17.4 Å². The second kappa shape index (κ2) is 8.10. The first kappa shape index (κ1) is 18.1. The number of hydrazone groups is 1. The molecule has 0 bridgehead atoms. The van der Waals surface area contributed by atoms with E-state index in [0.29, 0.717) is 11.6 Å². The smallest absolute Gasteiger partial charge is 0.272 e. The molecule has 0 fully saturated rings. The highest BCUT2D eigenvalue weighted by Crippen LogP contribution is 2.19. The molecule has 0 radical (unpaired) electrons. The highest BCUT2D eigenvalue weighted by atomic mass is 32.1. The Hall–Kier alpha value is -2.73. The summed E-state index contributed by atoms with van der Waals surface area (Å²) >= 11 is 1.58. The second-order valence-electron chi connectivity index (χ2n) is 6.58. The van der Waals surface area contributed by atoms with Crippen LogP contribution in [0, 0.1) is 5.92 Å². The minimum atomic E-state index is -0.309. The zero-order valence-corrected chi connectivity index (χ0v) is 15.9. The van der Waals surface area contributed by atoms with Crippen molar-refractivity contribution in [2.45, 2.75) is 27.2 Å². The van der Waals surface area contributed by atoms with E-state index in [1.165, 1.54) is 5.56 Å². The van der Waals surface area contributed by atoms with E-state index in [4.69, 9.17) is 0 Å². The van der Waals surface area contributed by atoms with E-state index in [2.05, 4.69) is 46.7 Å². The fourth-order valence-corrected chi connectivity index (χ4v) is 3.28. The summed E-state index contributed by atoms with van der Waals surface area (Å²) in [6, 6.07) is 13.9. The maximum Gasteiger partial charge on any atom is 0.289 e. The largest absolute Gasteiger partial charge is 0.289 e. The Morgan fingerprint density at radius 3 is 2.69 bits per heavy atom. The van der Waals surface area contributed by atoms with Gasteiger partial charge in [-0.05, 0) is 42.3 Å². The first-order valence-corrected chi connectivity index (χ1v) is 9.44. The van der Waals surface area contributed by atoms with Gasteiger partial charge in [0.1, 0.15) is 5.69 Å². The Kier molecular flexibility index (Phi) is 5.63. The SMILES string of the molecule is CC(=NNC(=O)c1cc(-c2ccc(CC(C)C)cc2)n[nH]1)c1cccs1. The lowest BCUT2D eigenvalue weighted by atomic mass is 10.0. The Morgan fingerprint density at radius 2 is 2.04 bits per heavy atom. The molecule has 0 unspecified atom stereocenters. The minimum Gasteiger partial charge on any atom is -0.272 e. The summed E-state index contributed by atoms with van der Waals surface area (Å²) in [7, 11) is 0. The molecule has 3 rings (SSSR count). The van der Waals surface area contributed by atoms with Gasteiger partial charge in [0.25, 0.3) is 5.91 Å². The number of carbonyl (C=O) groups excluding carboxylic acids is 1. The van der Waals surface area contributed by atoms with E-state index in [0.717, 1.165) is 28.3 Å². The summed E-state index contributed by atoms with van der Waals surface area (Å²) in [6.45, 7) is 6.27. The number of benzene rings is 1. The van der Waals surface area contributed by atoms with Crippen LogP contribution in [0.15, 0.2) is 52.9 Å². The molecule has 5 nitrogen and oxygen atoms in total. The molecule has 0 saturated heterocycles. The molecule has 0 spiro atoms. The summed E-state index contributed by atoms with van der Waals surface area (Å²) in [5.74, 6) is 0.316. The molecule has 0 saturated carbocycles. The number of nitrogens with zero attached hydrogens (tertiary/aromatic N) is 2. The molecule has 0 aliphatic carbocycles. The van der Waals surface area contributed by atoms with Gasteiger partial charge in [-0.15, -0.1) is 11.3 Å². The van der Waals surface area contributed by atoms with Crippen molar-refractivity contribution in [2.24, 2.45) is 11.0 Å². The van der Waals surface area contributed by atoms with Crippen molar-refractivity contribution in [3.8, 4) is 11.3 Å². The molecule has 2 heterocycles. The fraction of sp³-hybridized carbons (Fsp3) is 0.250. The monoisotopic (exact) mass is 366 g/mol. The molecular formula is C20H22N4OS. The zero-order valence-electron chi connectivity index (χ0n) is 15.1. The molecule has 26 heavy (non-hydrogen) atoms.